The van der Waals surface area contributed by atoms with Crippen molar-refractivity contribution in [2.45, 2.75) is 26.4 Å². The molecule has 1 heterocycles. The maximum absolute atomic E-state index is 12.8. The lowest BCUT2D eigenvalue weighted by Gasteiger charge is -2.20. The van der Waals surface area contributed by atoms with Gasteiger partial charge in [-0.15, -0.1) is 0 Å². The van der Waals surface area contributed by atoms with Gasteiger partial charge in [0.25, 0.3) is 5.91 Å². The minimum atomic E-state index is -0.625. The predicted octanol–water partition coefficient (Wildman–Crippen LogP) is 3.94. The number of nitrogens with zero attached hydrogens (tertiary/aromatic N) is 2. The van der Waals surface area contributed by atoms with E-state index in [9.17, 15) is 14.4 Å². The zero-order valence-electron chi connectivity index (χ0n) is 15.8. The largest absolute Gasteiger partial charge is 0.465 e. The third-order valence-corrected chi connectivity index (χ3v) is 4.44. The number of carbonyl (C=O) groups excluding carboxylic acids is 3. The molecule has 8 heteroatoms. The maximum Gasteiger partial charge on any atom is 0.418 e. The number of carbonyl (C=O) groups is 3. The third-order valence-electron chi connectivity index (χ3n) is 3.58. The van der Waals surface area contributed by atoms with E-state index < -0.39 is 17.7 Å². The normalized spacial score (nSPS) is 11.0. The first kappa shape index (κ1) is 20.9. The zero-order chi connectivity index (χ0) is 20.4. The Morgan fingerprint density at radius 3 is 2.33 bits per heavy atom. The average Bonchev–Trinajstić information content (AvgIpc) is 3.08. The van der Waals surface area contributed by atoms with E-state index >= 15 is 0 Å². The van der Waals surface area contributed by atoms with Crippen molar-refractivity contribution in [1.29, 1.82) is 0 Å². The van der Waals surface area contributed by atoms with Crippen molar-refractivity contribution < 1.29 is 23.9 Å². The fraction of sp³-hybridized carbons (Fsp3) is 0.316. The second kappa shape index (κ2) is 8.12. The van der Waals surface area contributed by atoms with E-state index in [0.717, 1.165) is 3.57 Å². The van der Waals surface area contributed by atoms with Gasteiger partial charge in [0.05, 0.1) is 23.9 Å². The van der Waals surface area contributed by atoms with Crippen molar-refractivity contribution in [2.75, 3.05) is 19.1 Å². The summed E-state index contributed by atoms with van der Waals surface area (Å²) in [7, 11) is 2.94. The van der Waals surface area contributed by atoms with Gasteiger partial charge in [0, 0.05) is 23.0 Å². The van der Waals surface area contributed by atoms with E-state index in [1.165, 1.54) is 29.0 Å². The summed E-state index contributed by atoms with van der Waals surface area (Å²) in [6.07, 6.45) is 2.37. The molecule has 7 nitrogen and oxygen atoms in total. The lowest BCUT2D eigenvalue weighted by molar-refractivity contribution is 0.0535. The Kier molecular flexibility index (Phi) is 6.30. The Labute approximate surface area is 171 Å². The summed E-state index contributed by atoms with van der Waals surface area (Å²) in [5.41, 5.74) is 0.761. The number of esters is 1. The molecule has 0 aliphatic rings. The highest BCUT2D eigenvalue weighted by atomic mass is 127. The Morgan fingerprint density at radius 2 is 1.78 bits per heavy atom. The lowest BCUT2D eigenvalue weighted by Crippen LogP contribution is -2.28. The Balaban J connectivity index is 2.21. The number of hydrogen-bond acceptors (Lipinski definition) is 5. The quantitative estimate of drug-likeness (QED) is 0.488. The number of halogens is 1. The van der Waals surface area contributed by atoms with E-state index in [1.54, 1.807) is 52.1 Å². The van der Waals surface area contributed by atoms with Crippen LogP contribution in [0.3, 0.4) is 0 Å². The third kappa shape index (κ3) is 5.09. The smallest absolute Gasteiger partial charge is 0.418 e. The molecular weight excluding hydrogens is 463 g/mol. The standard InChI is InChI=1S/C19H21IN2O5/c1-19(2,3)27-18(25)22-9-8-13(11-22)16(23)21(4)15-7-6-12(10-14(15)20)17(24)26-5/h6-11H,1-5H3. The minimum Gasteiger partial charge on any atom is -0.465 e. The van der Waals surface area contributed by atoms with E-state index in [1.807, 2.05) is 0 Å². The van der Waals surface area contributed by atoms with Gasteiger partial charge < -0.3 is 14.4 Å². The Morgan fingerprint density at radius 1 is 1.11 bits per heavy atom. The molecule has 0 spiro atoms. The fourth-order valence-corrected chi connectivity index (χ4v) is 3.16. The molecule has 2 aromatic rings. The van der Waals surface area contributed by atoms with Crippen molar-refractivity contribution in [3.05, 3.63) is 51.4 Å². The van der Waals surface area contributed by atoms with E-state index in [2.05, 4.69) is 22.6 Å². The molecule has 0 N–H and O–H groups in total. The number of anilines is 1. The van der Waals surface area contributed by atoms with Crippen molar-refractivity contribution >= 4 is 46.2 Å². The number of aromatic nitrogens is 1. The highest BCUT2D eigenvalue weighted by Gasteiger charge is 2.21. The molecule has 0 fully saturated rings. The molecular formula is C19H21IN2O5. The molecule has 0 atom stereocenters. The highest BCUT2D eigenvalue weighted by Crippen LogP contribution is 2.25. The van der Waals surface area contributed by atoms with Crippen LogP contribution in [-0.2, 0) is 9.47 Å². The van der Waals surface area contributed by atoms with Crippen molar-refractivity contribution in [2.24, 2.45) is 0 Å². The van der Waals surface area contributed by atoms with E-state index in [0.29, 0.717) is 16.8 Å². The monoisotopic (exact) mass is 484 g/mol. The highest BCUT2D eigenvalue weighted by molar-refractivity contribution is 14.1. The van der Waals surface area contributed by atoms with Crippen LogP contribution in [0.15, 0.2) is 36.7 Å². The van der Waals surface area contributed by atoms with Gasteiger partial charge in [-0.05, 0) is 67.6 Å². The van der Waals surface area contributed by atoms with Crippen molar-refractivity contribution in [1.82, 2.24) is 4.57 Å². The topological polar surface area (TPSA) is 77.8 Å². The molecule has 0 radical (unpaired) electrons. The van der Waals surface area contributed by atoms with Crippen LogP contribution in [0.25, 0.3) is 0 Å². The minimum absolute atomic E-state index is 0.291. The van der Waals surface area contributed by atoms with Gasteiger partial charge in [-0.2, -0.15) is 0 Å². The number of rotatable bonds is 3. The van der Waals surface area contributed by atoms with Crippen LogP contribution in [0.1, 0.15) is 41.5 Å². The molecule has 0 saturated heterocycles. The second-order valence-corrected chi connectivity index (χ2v) is 7.97. The summed E-state index contributed by atoms with van der Waals surface area (Å²) in [5.74, 6) is -0.732. The van der Waals surface area contributed by atoms with Gasteiger partial charge in [-0.3, -0.25) is 9.36 Å². The molecule has 1 aromatic carbocycles. The predicted molar refractivity (Wildman–Crippen MR) is 109 cm³/mol. The summed E-state index contributed by atoms with van der Waals surface area (Å²) in [6, 6.07) is 6.48. The molecule has 144 valence electrons. The first-order valence-corrected chi connectivity index (χ1v) is 9.18. The molecule has 2 rings (SSSR count). The van der Waals surface area contributed by atoms with Gasteiger partial charge in [0.2, 0.25) is 0 Å². The average molecular weight is 484 g/mol. The van der Waals surface area contributed by atoms with Crippen LogP contribution in [0.4, 0.5) is 10.5 Å². The van der Waals surface area contributed by atoms with Gasteiger partial charge in [-0.1, -0.05) is 0 Å². The second-order valence-electron chi connectivity index (χ2n) is 6.81. The van der Waals surface area contributed by atoms with Crippen LogP contribution in [0.5, 0.6) is 0 Å². The van der Waals surface area contributed by atoms with Gasteiger partial charge in [0.1, 0.15) is 5.60 Å². The molecule has 1 amide bonds. The lowest BCUT2D eigenvalue weighted by atomic mass is 10.2. The molecule has 27 heavy (non-hydrogen) atoms. The fourth-order valence-electron chi connectivity index (χ4n) is 2.28. The number of ether oxygens (including phenoxy) is 2. The van der Waals surface area contributed by atoms with Crippen LogP contribution in [0, 0.1) is 3.57 Å². The molecule has 0 aliphatic carbocycles. The summed E-state index contributed by atoms with van der Waals surface area (Å²) >= 11 is 2.05. The van der Waals surface area contributed by atoms with Crippen LogP contribution >= 0.6 is 22.6 Å². The first-order chi connectivity index (χ1) is 12.5. The van der Waals surface area contributed by atoms with Crippen molar-refractivity contribution in [3.63, 3.8) is 0 Å². The maximum atomic E-state index is 12.8. The summed E-state index contributed by atoms with van der Waals surface area (Å²) in [6.45, 7) is 5.32. The molecule has 1 aromatic heterocycles. The first-order valence-electron chi connectivity index (χ1n) is 8.11. The molecule has 0 bridgehead atoms. The van der Waals surface area contributed by atoms with Crippen LogP contribution in [-0.4, -0.2) is 42.3 Å². The Bertz CT molecular complexity index is 882. The molecule has 0 unspecified atom stereocenters. The summed E-state index contributed by atoms with van der Waals surface area (Å²) in [5, 5.41) is 0. The summed E-state index contributed by atoms with van der Waals surface area (Å²) in [4.78, 5) is 37.9. The number of hydrogen-bond donors (Lipinski definition) is 0. The zero-order valence-corrected chi connectivity index (χ0v) is 17.9. The summed E-state index contributed by atoms with van der Waals surface area (Å²) < 4.78 is 11.9. The molecule has 0 aliphatic heterocycles. The number of methoxy groups -OCH3 is 1. The van der Waals surface area contributed by atoms with E-state index in [4.69, 9.17) is 9.47 Å². The molecule has 0 saturated carbocycles. The van der Waals surface area contributed by atoms with Gasteiger partial charge >= 0.3 is 12.1 Å². The van der Waals surface area contributed by atoms with Crippen LogP contribution < -0.4 is 4.90 Å². The Hall–Kier alpha value is -2.36. The number of amides is 1. The van der Waals surface area contributed by atoms with Gasteiger partial charge in [-0.25, -0.2) is 9.59 Å². The number of benzene rings is 1. The van der Waals surface area contributed by atoms with Crippen molar-refractivity contribution in [3.8, 4) is 0 Å². The SMILES string of the molecule is COC(=O)c1ccc(N(C)C(=O)c2ccn(C(=O)OC(C)(C)C)c2)c(I)c1. The van der Waals surface area contributed by atoms with Crippen LogP contribution in [0.2, 0.25) is 0 Å². The van der Waals surface area contributed by atoms with E-state index in [-0.39, 0.29) is 5.91 Å². The van der Waals surface area contributed by atoms with Gasteiger partial charge in [0.15, 0.2) is 0 Å².